The van der Waals surface area contributed by atoms with E-state index >= 15 is 0 Å². The number of para-hydroxylation sites is 1. The third-order valence-electron chi connectivity index (χ3n) is 8.11. The monoisotopic (exact) mass is 559 g/mol. The van der Waals surface area contributed by atoms with E-state index in [0.29, 0.717) is 13.0 Å². The van der Waals surface area contributed by atoms with Gasteiger partial charge in [0.2, 0.25) is 11.9 Å². The number of carbonyl (C=O) groups is 1. The van der Waals surface area contributed by atoms with Crippen LogP contribution in [-0.4, -0.2) is 62.0 Å². The Bertz CT molecular complexity index is 1530. The first-order chi connectivity index (χ1) is 20.6. The van der Waals surface area contributed by atoms with Gasteiger partial charge in [0.15, 0.2) is 0 Å². The zero-order chi connectivity index (χ0) is 28.9. The molecular weight excluding hydrogens is 522 g/mol. The Morgan fingerprint density at radius 1 is 0.833 bits per heavy atom. The molecule has 0 saturated carbocycles. The molecular formula is C35H37N5O2. The second-order valence-corrected chi connectivity index (χ2v) is 10.9. The summed E-state index contributed by atoms with van der Waals surface area (Å²) in [5.41, 5.74) is 6.37. The molecule has 7 nitrogen and oxygen atoms in total. The Kier molecular flexibility index (Phi) is 8.19. The topological polar surface area (TPSA) is 60.4 Å². The van der Waals surface area contributed by atoms with Crippen molar-refractivity contribution < 1.29 is 9.53 Å². The van der Waals surface area contributed by atoms with E-state index in [9.17, 15) is 4.79 Å². The fourth-order valence-corrected chi connectivity index (χ4v) is 5.67. The predicted molar refractivity (Wildman–Crippen MR) is 169 cm³/mol. The fourth-order valence-electron chi connectivity index (χ4n) is 5.67. The summed E-state index contributed by atoms with van der Waals surface area (Å²) in [5, 5.41) is 3.15. The summed E-state index contributed by atoms with van der Waals surface area (Å²) in [5.74, 6) is 1.70. The van der Waals surface area contributed by atoms with Gasteiger partial charge in [-0.25, -0.2) is 4.99 Å². The number of fused-ring (bicyclic) bond motifs is 1. The quantitative estimate of drug-likeness (QED) is 0.307. The molecule has 4 aromatic carbocycles. The Labute approximate surface area is 248 Å². The normalized spacial score (nSPS) is 16.9. The molecule has 1 unspecified atom stereocenters. The van der Waals surface area contributed by atoms with Gasteiger partial charge in [0.05, 0.1) is 25.3 Å². The van der Waals surface area contributed by atoms with Gasteiger partial charge in [0.25, 0.3) is 0 Å². The molecule has 7 heteroatoms. The number of methoxy groups -OCH3 is 1. The number of amides is 1. The van der Waals surface area contributed by atoms with Gasteiger partial charge in [-0.3, -0.25) is 4.79 Å². The highest BCUT2D eigenvalue weighted by molar-refractivity contribution is 6.01. The maximum absolute atomic E-state index is 13.5. The molecule has 0 aromatic heterocycles. The first-order valence-electron chi connectivity index (χ1n) is 14.5. The van der Waals surface area contributed by atoms with Gasteiger partial charge in [-0.1, -0.05) is 72.8 Å². The molecule has 0 bridgehead atoms. The van der Waals surface area contributed by atoms with Crippen LogP contribution in [0.2, 0.25) is 0 Å². The number of piperazine rings is 1. The Morgan fingerprint density at radius 3 is 2.21 bits per heavy atom. The van der Waals surface area contributed by atoms with E-state index < -0.39 is 0 Å². The minimum atomic E-state index is -0.202. The SMILES string of the molecule is COc1ccc(CNC(=O)CC2c3ccccc3N=C(N3CCN(C)CC3)N2c2ccc(-c3ccccc3)cc2)cc1. The van der Waals surface area contributed by atoms with Crippen molar-refractivity contribution in [2.75, 3.05) is 45.2 Å². The number of benzene rings is 4. The molecule has 2 heterocycles. The molecule has 6 rings (SSSR count). The second kappa shape index (κ2) is 12.5. The number of carbonyl (C=O) groups excluding carboxylic acids is 1. The van der Waals surface area contributed by atoms with Gasteiger partial charge in [-0.2, -0.15) is 0 Å². The number of ether oxygens (including phenoxy) is 1. The maximum Gasteiger partial charge on any atom is 0.222 e. The third kappa shape index (κ3) is 6.02. The average Bonchev–Trinajstić information content (AvgIpc) is 3.05. The molecule has 2 aliphatic heterocycles. The van der Waals surface area contributed by atoms with Crippen LogP contribution in [0.3, 0.4) is 0 Å². The number of nitrogens with zero attached hydrogens (tertiary/aromatic N) is 4. The summed E-state index contributed by atoms with van der Waals surface area (Å²) < 4.78 is 5.27. The predicted octanol–water partition coefficient (Wildman–Crippen LogP) is 5.86. The maximum atomic E-state index is 13.5. The van der Waals surface area contributed by atoms with Crippen molar-refractivity contribution in [3.63, 3.8) is 0 Å². The van der Waals surface area contributed by atoms with Crippen LogP contribution in [0.4, 0.5) is 11.4 Å². The number of aliphatic imine (C=N–C) groups is 1. The van der Waals surface area contributed by atoms with Crippen molar-refractivity contribution in [1.29, 1.82) is 0 Å². The molecule has 1 fully saturated rings. The molecule has 42 heavy (non-hydrogen) atoms. The van der Waals surface area contributed by atoms with Crippen LogP contribution in [0.5, 0.6) is 5.75 Å². The average molecular weight is 560 g/mol. The van der Waals surface area contributed by atoms with Gasteiger partial charge < -0.3 is 24.8 Å². The molecule has 214 valence electrons. The minimum absolute atomic E-state index is 0.00356. The van der Waals surface area contributed by atoms with E-state index in [0.717, 1.165) is 66.0 Å². The van der Waals surface area contributed by atoms with Crippen molar-refractivity contribution in [3.05, 3.63) is 114 Å². The third-order valence-corrected chi connectivity index (χ3v) is 8.11. The van der Waals surface area contributed by atoms with Crippen LogP contribution in [0, 0.1) is 0 Å². The molecule has 0 aliphatic carbocycles. The van der Waals surface area contributed by atoms with E-state index in [1.165, 1.54) is 5.56 Å². The number of anilines is 1. The molecule has 1 N–H and O–H groups in total. The lowest BCUT2D eigenvalue weighted by atomic mass is 9.96. The van der Waals surface area contributed by atoms with Gasteiger partial charge >= 0.3 is 0 Å². The highest BCUT2D eigenvalue weighted by atomic mass is 16.5. The van der Waals surface area contributed by atoms with Crippen molar-refractivity contribution in [3.8, 4) is 16.9 Å². The Morgan fingerprint density at radius 2 is 1.50 bits per heavy atom. The highest BCUT2D eigenvalue weighted by Crippen LogP contribution is 2.41. The standard InChI is InChI=1S/C35H37N5O2/c1-38-20-22-39(23-21-38)35-37-32-11-7-6-10-31(32)33(24-34(41)36-25-26-12-18-30(42-2)19-13-26)40(35)29-16-14-28(15-17-29)27-8-4-3-5-9-27/h3-19,33H,20-25H2,1-2H3,(H,36,41). The molecule has 2 aliphatic rings. The first kappa shape index (κ1) is 27.5. The number of nitrogens with one attached hydrogen (secondary N) is 1. The number of likely N-dealkylation sites (N-methyl/N-ethyl adjacent to an activating group) is 1. The van der Waals surface area contributed by atoms with Gasteiger partial charge in [-0.15, -0.1) is 0 Å². The number of hydrogen-bond acceptors (Lipinski definition) is 6. The summed E-state index contributed by atoms with van der Waals surface area (Å²) in [6.45, 7) is 4.16. The minimum Gasteiger partial charge on any atom is -0.497 e. The van der Waals surface area contributed by atoms with Crippen LogP contribution in [0.1, 0.15) is 23.6 Å². The fraction of sp³-hybridized carbons (Fsp3) is 0.257. The molecule has 0 spiro atoms. The van der Waals surface area contributed by atoms with Crippen LogP contribution < -0.4 is 15.0 Å². The lowest BCUT2D eigenvalue weighted by Gasteiger charge is -2.44. The van der Waals surface area contributed by atoms with Crippen molar-refractivity contribution >= 4 is 23.2 Å². The van der Waals surface area contributed by atoms with Crippen molar-refractivity contribution in [2.45, 2.75) is 19.0 Å². The smallest absolute Gasteiger partial charge is 0.222 e. The second-order valence-electron chi connectivity index (χ2n) is 10.9. The van der Waals surface area contributed by atoms with E-state index in [1.54, 1.807) is 7.11 Å². The first-order valence-corrected chi connectivity index (χ1v) is 14.5. The van der Waals surface area contributed by atoms with Crippen LogP contribution in [0.15, 0.2) is 108 Å². The lowest BCUT2D eigenvalue weighted by Crippen LogP contribution is -2.54. The Balaban J connectivity index is 1.32. The van der Waals surface area contributed by atoms with Crippen molar-refractivity contribution in [1.82, 2.24) is 15.1 Å². The van der Waals surface area contributed by atoms with Crippen LogP contribution in [0.25, 0.3) is 11.1 Å². The van der Waals surface area contributed by atoms with E-state index in [-0.39, 0.29) is 11.9 Å². The number of rotatable bonds is 7. The van der Waals surface area contributed by atoms with E-state index in [1.807, 2.05) is 42.5 Å². The summed E-state index contributed by atoms with van der Waals surface area (Å²) >= 11 is 0. The summed E-state index contributed by atoms with van der Waals surface area (Å²) in [4.78, 5) is 25.7. The molecule has 1 atom stereocenters. The summed E-state index contributed by atoms with van der Waals surface area (Å²) in [6, 6.07) is 34.8. The lowest BCUT2D eigenvalue weighted by molar-refractivity contribution is -0.121. The largest absolute Gasteiger partial charge is 0.497 e. The Hall–Kier alpha value is -4.62. The van der Waals surface area contributed by atoms with Crippen LogP contribution >= 0.6 is 0 Å². The molecule has 1 amide bonds. The number of hydrogen-bond donors (Lipinski definition) is 1. The summed E-state index contributed by atoms with van der Waals surface area (Å²) in [6.07, 6.45) is 0.306. The van der Waals surface area contributed by atoms with Gasteiger partial charge in [0.1, 0.15) is 5.75 Å². The molecule has 1 saturated heterocycles. The molecule has 0 radical (unpaired) electrons. The highest BCUT2D eigenvalue weighted by Gasteiger charge is 2.36. The van der Waals surface area contributed by atoms with Gasteiger partial charge in [0, 0.05) is 44.0 Å². The van der Waals surface area contributed by atoms with E-state index in [2.05, 4.69) is 87.7 Å². The van der Waals surface area contributed by atoms with E-state index in [4.69, 9.17) is 9.73 Å². The van der Waals surface area contributed by atoms with Crippen LogP contribution in [-0.2, 0) is 11.3 Å². The van der Waals surface area contributed by atoms with Crippen molar-refractivity contribution in [2.24, 2.45) is 4.99 Å². The zero-order valence-corrected chi connectivity index (χ0v) is 24.2. The van der Waals surface area contributed by atoms with Gasteiger partial charge in [-0.05, 0) is 54.1 Å². The number of guanidine groups is 1. The molecule has 4 aromatic rings. The summed E-state index contributed by atoms with van der Waals surface area (Å²) in [7, 11) is 3.81. The zero-order valence-electron chi connectivity index (χ0n) is 24.2.